The minimum Gasteiger partial charge on any atom is -0.395 e. The number of hydrogen-bond donors (Lipinski definition) is 4. The molecule has 2 saturated heterocycles. The summed E-state index contributed by atoms with van der Waals surface area (Å²) in [5.74, 6) is -0.0201. The van der Waals surface area contributed by atoms with Crippen molar-refractivity contribution < 1.29 is 14.6 Å². The van der Waals surface area contributed by atoms with Crippen molar-refractivity contribution >= 4 is 29.2 Å². The molecule has 2 fully saturated rings. The molecule has 3 aromatic rings. The quantitative estimate of drug-likeness (QED) is 0.304. The highest BCUT2D eigenvalue weighted by Crippen LogP contribution is 2.38. The number of halogens is 1. The summed E-state index contributed by atoms with van der Waals surface area (Å²) >= 11 is 1.18. The van der Waals surface area contributed by atoms with Gasteiger partial charge in [0.25, 0.3) is 0 Å². The van der Waals surface area contributed by atoms with E-state index in [9.17, 15) is 14.6 Å². The number of aliphatic hydroxyl groups excluding tert-OH is 2. The largest absolute Gasteiger partial charge is 0.395 e. The number of nitrogens with zero attached hydrogens (tertiary/aromatic N) is 7. The molecule has 2 aliphatic heterocycles. The first-order valence-corrected chi connectivity index (χ1v) is 13.3. The molecule has 0 amide bonds. The van der Waals surface area contributed by atoms with E-state index in [0.717, 1.165) is 19.4 Å². The molecule has 11 nitrogen and oxygen atoms in total. The van der Waals surface area contributed by atoms with E-state index >= 15 is 0 Å². The topological polar surface area (TPSA) is 137 Å². The van der Waals surface area contributed by atoms with Crippen molar-refractivity contribution in [3.05, 3.63) is 36.3 Å². The van der Waals surface area contributed by atoms with Crippen LogP contribution in [0.4, 0.5) is 21.8 Å². The monoisotopic (exact) mass is 529 g/mol. The van der Waals surface area contributed by atoms with E-state index in [0.29, 0.717) is 22.6 Å². The Kier molecular flexibility index (Phi) is 7.56. The Morgan fingerprint density at radius 2 is 2.11 bits per heavy atom. The number of fused-ring (bicyclic) bond motifs is 1. The highest BCUT2D eigenvalue weighted by molar-refractivity contribution is 7.99. The van der Waals surface area contributed by atoms with E-state index in [-0.39, 0.29) is 36.6 Å². The van der Waals surface area contributed by atoms with Gasteiger partial charge in [-0.15, -0.1) is 5.10 Å². The van der Waals surface area contributed by atoms with E-state index < -0.39 is 11.1 Å². The molecule has 2 aromatic heterocycles. The van der Waals surface area contributed by atoms with Crippen LogP contribution >= 0.6 is 11.8 Å². The van der Waals surface area contributed by atoms with Crippen LogP contribution in [-0.4, -0.2) is 87.9 Å². The summed E-state index contributed by atoms with van der Waals surface area (Å²) in [6.07, 6.45) is 5.45. The van der Waals surface area contributed by atoms with Crippen molar-refractivity contribution in [2.75, 3.05) is 30.4 Å². The first kappa shape index (κ1) is 25.8. The third-order valence-corrected chi connectivity index (χ3v) is 8.11. The van der Waals surface area contributed by atoms with Crippen LogP contribution in [0.2, 0.25) is 0 Å². The van der Waals surface area contributed by atoms with Crippen LogP contribution in [0.3, 0.4) is 0 Å². The van der Waals surface area contributed by atoms with Gasteiger partial charge in [-0.1, -0.05) is 17.8 Å². The number of anilines is 3. The molecule has 2 aliphatic rings. The Hall–Kier alpha value is -2.87. The molecular weight excluding hydrogens is 497 g/mol. The SMILES string of the molecule is CC1(C)CC(Nc2nc(Nc3cccc(-n4nnnc4SC(CO)CO)c3)ncc2F)CC2CCCN21. The molecule has 2 atom stereocenters. The van der Waals surface area contributed by atoms with Crippen LogP contribution in [0, 0.1) is 5.82 Å². The number of thioether (sulfide) groups is 1. The van der Waals surface area contributed by atoms with Gasteiger partial charge in [0.1, 0.15) is 0 Å². The zero-order chi connectivity index (χ0) is 26.0. The van der Waals surface area contributed by atoms with E-state index in [4.69, 9.17) is 0 Å². The first-order valence-electron chi connectivity index (χ1n) is 12.5. The van der Waals surface area contributed by atoms with Crippen molar-refractivity contribution in [1.82, 2.24) is 35.1 Å². The molecule has 13 heteroatoms. The minimum atomic E-state index is -0.483. The lowest BCUT2D eigenvalue weighted by Gasteiger charge is -2.47. The zero-order valence-electron chi connectivity index (χ0n) is 20.9. The number of aromatic nitrogens is 6. The maximum atomic E-state index is 14.7. The number of rotatable bonds is 9. The predicted molar refractivity (Wildman–Crippen MR) is 139 cm³/mol. The lowest BCUT2D eigenvalue weighted by molar-refractivity contribution is 0.0500. The molecule has 4 N–H and O–H groups in total. The second kappa shape index (κ2) is 10.9. The molecule has 1 aromatic carbocycles. The maximum Gasteiger partial charge on any atom is 0.229 e. The summed E-state index contributed by atoms with van der Waals surface area (Å²) in [6, 6.07) is 7.95. The summed E-state index contributed by atoms with van der Waals surface area (Å²) < 4.78 is 16.2. The van der Waals surface area contributed by atoms with Crippen LogP contribution in [0.5, 0.6) is 0 Å². The predicted octanol–water partition coefficient (Wildman–Crippen LogP) is 2.60. The average molecular weight is 530 g/mol. The number of benzene rings is 1. The van der Waals surface area contributed by atoms with Crippen molar-refractivity contribution in [3.63, 3.8) is 0 Å². The molecule has 4 heterocycles. The van der Waals surface area contributed by atoms with Gasteiger partial charge in [0.15, 0.2) is 11.6 Å². The van der Waals surface area contributed by atoms with Crippen LogP contribution in [-0.2, 0) is 0 Å². The van der Waals surface area contributed by atoms with E-state index in [1.54, 1.807) is 0 Å². The van der Waals surface area contributed by atoms with Gasteiger partial charge < -0.3 is 20.8 Å². The van der Waals surface area contributed by atoms with Crippen LogP contribution in [0.15, 0.2) is 35.6 Å². The number of nitrogens with one attached hydrogen (secondary N) is 2. The number of hydrogen-bond acceptors (Lipinski definition) is 11. The van der Waals surface area contributed by atoms with Gasteiger partial charge in [0.05, 0.1) is 30.3 Å². The van der Waals surface area contributed by atoms with Gasteiger partial charge in [0.2, 0.25) is 11.1 Å². The number of piperidine rings is 1. The van der Waals surface area contributed by atoms with Gasteiger partial charge in [0, 0.05) is 23.3 Å². The Labute approximate surface area is 218 Å². The molecule has 198 valence electrons. The second-order valence-corrected chi connectivity index (χ2v) is 11.4. The third kappa shape index (κ3) is 5.69. The molecule has 0 bridgehead atoms. The fourth-order valence-electron chi connectivity index (χ4n) is 5.38. The smallest absolute Gasteiger partial charge is 0.229 e. The first-order chi connectivity index (χ1) is 17.9. The molecule has 37 heavy (non-hydrogen) atoms. The highest BCUT2D eigenvalue weighted by atomic mass is 32.2. The van der Waals surface area contributed by atoms with Crippen LogP contribution < -0.4 is 10.6 Å². The van der Waals surface area contributed by atoms with Crippen LogP contribution in [0.25, 0.3) is 5.69 Å². The molecular formula is C24H32FN9O2S. The maximum absolute atomic E-state index is 14.7. The summed E-state index contributed by atoms with van der Waals surface area (Å²) in [6.45, 7) is 5.25. The molecule has 0 radical (unpaired) electrons. The third-order valence-electron chi connectivity index (χ3n) is 7.01. The fourth-order valence-corrected chi connectivity index (χ4v) is 6.15. The lowest BCUT2D eigenvalue weighted by atomic mass is 9.84. The van der Waals surface area contributed by atoms with Crippen molar-refractivity contribution in [2.45, 2.75) is 67.6 Å². The van der Waals surface area contributed by atoms with Gasteiger partial charge >= 0.3 is 0 Å². The summed E-state index contributed by atoms with van der Waals surface area (Å²) in [5.41, 5.74) is 1.39. The number of tetrazole rings is 1. The summed E-state index contributed by atoms with van der Waals surface area (Å²) in [5, 5.41) is 37.0. The standard InChI is InChI=1S/C24H32FN9O2S/c1-24(2)11-16(10-17-7-4-8-33(17)24)27-21-20(25)12-26-22(29-21)28-15-5-3-6-18(9-15)34-23(30-31-32-34)37-19(13-35)14-36/h3,5-6,9,12,16-17,19,35-36H,4,7-8,10-11,13-14H2,1-2H3,(H2,26,27,28,29). The average Bonchev–Trinajstić information content (AvgIpc) is 3.54. The normalized spacial score (nSPS) is 21.2. The fraction of sp³-hybridized carbons (Fsp3) is 0.542. The summed E-state index contributed by atoms with van der Waals surface area (Å²) in [4.78, 5) is 11.2. The van der Waals surface area contributed by atoms with Crippen molar-refractivity contribution in [2.24, 2.45) is 0 Å². The zero-order valence-corrected chi connectivity index (χ0v) is 21.7. The van der Waals surface area contributed by atoms with E-state index in [1.807, 2.05) is 24.3 Å². The molecule has 5 rings (SSSR count). The van der Waals surface area contributed by atoms with Crippen molar-refractivity contribution in [3.8, 4) is 5.69 Å². The molecule has 2 unspecified atom stereocenters. The minimum absolute atomic E-state index is 0.0594. The second-order valence-electron chi connectivity index (χ2n) is 10.1. The lowest BCUT2D eigenvalue weighted by Crippen LogP contribution is -2.55. The van der Waals surface area contributed by atoms with E-state index in [2.05, 4.69) is 54.9 Å². The van der Waals surface area contributed by atoms with Gasteiger partial charge in [-0.3, -0.25) is 4.90 Å². The Balaban J connectivity index is 1.31. The van der Waals surface area contributed by atoms with Gasteiger partial charge in [-0.25, -0.2) is 9.37 Å². The summed E-state index contributed by atoms with van der Waals surface area (Å²) in [7, 11) is 0. The van der Waals surface area contributed by atoms with Crippen LogP contribution in [0.1, 0.15) is 39.5 Å². The molecule has 0 saturated carbocycles. The Morgan fingerprint density at radius 1 is 1.27 bits per heavy atom. The number of aliphatic hydroxyl groups is 2. The highest BCUT2D eigenvalue weighted by Gasteiger charge is 2.43. The Morgan fingerprint density at radius 3 is 2.92 bits per heavy atom. The van der Waals surface area contributed by atoms with Gasteiger partial charge in [-0.05, 0) is 74.7 Å². The van der Waals surface area contributed by atoms with E-state index in [1.165, 1.54) is 35.5 Å². The van der Waals surface area contributed by atoms with Crippen molar-refractivity contribution in [1.29, 1.82) is 0 Å². The van der Waals surface area contributed by atoms with Gasteiger partial charge in [-0.2, -0.15) is 9.67 Å². The molecule has 0 aliphatic carbocycles. The Bertz CT molecular complexity index is 1220. The molecule has 0 spiro atoms.